The zero-order valence-corrected chi connectivity index (χ0v) is 10.9. The van der Waals surface area contributed by atoms with Crippen LogP contribution >= 0.6 is 11.3 Å². The van der Waals surface area contributed by atoms with Crippen molar-refractivity contribution in [1.29, 1.82) is 5.26 Å². The van der Waals surface area contributed by atoms with Crippen molar-refractivity contribution in [1.82, 2.24) is 10.0 Å². The fraction of sp³-hybridized carbons (Fsp3) is 0.333. The van der Waals surface area contributed by atoms with Crippen LogP contribution in [0.15, 0.2) is 16.3 Å². The lowest BCUT2D eigenvalue weighted by Crippen LogP contribution is -2.43. The van der Waals surface area contributed by atoms with E-state index in [2.05, 4.69) is 10.0 Å². The van der Waals surface area contributed by atoms with E-state index in [4.69, 9.17) is 5.26 Å². The number of likely N-dealkylation sites (N-methyl/N-ethyl adjacent to an activating group) is 1. The number of carbonyl (C=O) groups excluding carboxylic acids is 1. The summed E-state index contributed by atoms with van der Waals surface area (Å²) < 4.78 is 25.8. The number of thiophene rings is 1. The molecule has 0 aromatic carbocycles. The second-order valence-electron chi connectivity index (χ2n) is 3.19. The van der Waals surface area contributed by atoms with Crippen LogP contribution in [0.4, 0.5) is 0 Å². The molecular weight excluding hydrogens is 262 g/mol. The molecule has 8 heteroatoms. The number of nitrogens with zero attached hydrogens (tertiary/aromatic N) is 1. The molecule has 92 valence electrons. The third kappa shape index (κ3) is 3.26. The zero-order chi connectivity index (χ0) is 13.1. The quantitative estimate of drug-likeness (QED) is 0.808. The first-order valence-corrected chi connectivity index (χ1v) is 6.94. The summed E-state index contributed by atoms with van der Waals surface area (Å²) in [5, 5.41) is 10.9. The summed E-state index contributed by atoms with van der Waals surface area (Å²) in [5.74, 6) is -0.425. The van der Waals surface area contributed by atoms with Crippen LogP contribution in [0.2, 0.25) is 0 Å². The lowest BCUT2D eigenvalue weighted by molar-refractivity contribution is -0.121. The van der Waals surface area contributed by atoms with Gasteiger partial charge in [-0.2, -0.15) is 9.98 Å². The van der Waals surface area contributed by atoms with Gasteiger partial charge < -0.3 is 5.32 Å². The number of hydrogen-bond donors (Lipinski definition) is 2. The number of rotatable bonds is 4. The standard InChI is InChI=1S/C9H11N3O3S2/c1-6(9(13)11-2)12-17(14,15)8-4-3-7(5-10)16-8/h3-4,6,12H,1-2H3,(H,11,13). The monoisotopic (exact) mass is 273 g/mol. The molecule has 0 aliphatic rings. The Morgan fingerprint density at radius 3 is 2.65 bits per heavy atom. The highest BCUT2D eigenvalue weighted by molar-refractivity contribution is 7.91. The third-order valence-corrected chi connectivity index (χ3v) is 4.95. The fourth-order valence-electron chi connectivity index (χ4n) is 1.09. The number of amides is 1. The van der Waals surface area contributed by atoms with Gasteiger partial charge in [-0.15, -0.1) is 11.3 Å². The van der Waals surface area contributed by atoms with Crippen LogP contribution in [0.3, 0.4) is 0 Å². The van der Waals surface area contributed by atoms with Crippen LogP contribution in [0, 0.1) is 11.3 Å². The first-order chi connectivity index (χ1) is 7.90. The molecule has 0 aliphatic carbocycles. The Morgan fingerprint density at radius 2 is 2.18 bits per heavy atom. The lowest BCUT2D eigenvalue weighted by Gasteiger charge is -2.11. The van der Waals surface area contributed by atoms with E-state index in [1.54, 1.807) is 0 Å². The molecule has 0 saturated carbocycles. The molecule has 1 atom stereocenters. The first-order valence-electron chi connectivity index (χ1n) is 4.64. The van der Waals surface area contributed by atoms with E-state index in [0.717, 1.165) is 11.3 Å². The minimum Gasteiger partial charge on any atom is -0.358 e. The summed E-state index contributed by atoms with van der Waals surface area (Å²) >= 11 is 0.858. The molecule has 0 bridgehead atoms. The summed E-state index contributed by atoms with van der Waals surface area (Å²) in [6.07, 6.45) is 0. The van der Waals surface area contributed by atoms with Gasteiger partial charge in [-0.25, -0.2) is 8.42 Å². The predicted octanol–water partition coefficient (Wildman–Crippen LogP) is 0.0326. The van der Waals surface area contributed by atoms with Crippen LogP contribution in [0.25, 0.3) is 0 Å². The molecule has 1 amide bonds. The molecule has 0 saturated heterocycles. The summed E-state index contributed by atoms with van der Waals surface area (Å²) in [5.41, 5.74) is 0. The number of nitriles is 1. The van der Waals surface area contributed by atoms with E-state index in [1.165, 1.54) is 26.1 Å². The second-order valence-corrected chi connectivity index (χ2v) is 6.21. The largest absolute Gasteiger partial charge is 0.358 e. The third-order valence-electron chi connectivity index (χ3n) is 1.93. The fourth-order valence-corrected chi connectivity index (χ4v) is 3.41. The van der Waals surface area contributed by atoms with Gasteiger partial charge in [-0.3, -0.25) is 4.79 Å². The van der Waals surface area contributed by atoms with Gasteiger partial charge in [0.25, 0.3) is 10.0 Å². The van der Waals surface area contributed by atoms with Crippen LogP contribution in [0.1, 0.15) is 11.8 Å². The summed E-state index contributed by atoms with van der Waals surface area (Å²) in [6.45, 7) is 1.44. The second kappa shape index (κ2) is 5.27. The van der Waals surface area contributed by atoms with Gasteiger partial charge in [0.15, 0.2) is 0 Å². The van der Waals surface area contributed by atoms with Gasteiger partial charge in [-0.05, 0) is 19.1 Å². The molecule has 0 aliphatic heterocycles. The average molecular weight is 273 g/mol. The van der Waals surface area contributed by atoms with Crippen molar-refractivity contribution in [2.75, 3.05) is 7.05 Å². The molecule has 6 nitrogen and oxygen atoms in total. The van der Waals surface area contributed by atoms with Crippen molar-refractivity contribution < 1.29 is 13.2 Å². The highest BCUT2D eigenvalue weighted by Gasteiger charge is 2.22. The van der Waals surface area contributed by atoms with Crippen molar-refractivity contribution in [3.8, 4) is 6.07 Å². The number of hydrogen-bond acceptors (Lipinski definition) is 5. The van der Waals surface area contributed by atoms with Crippen molar-refractivity contribution >= 4 is 27.3 Å². The first kappa shape index (κ1) is 13.6. The number of sulfonamides is 1. The van der Waals surface area contributed by atoms with E-state index in [0.29, 0.717) is 4.88 Å². The van der Waals surface area contributed by atoms with Gasteiger partial charge in [0.2, 0.25) is 5.91 Å². The maximum Gasteiger partial charge on any atom is 0.250 e. The molecule has 1 aromatic rings. The Labute approximate surface area is 103 Å². The maximum absolute atomic E-state index is 11.8. The van der Waals surface area contributed by atoms with E-state index in [-0.39, 0.29) is 4.21 Å². The van der Waals surface area contributed by atoms with Gasteiger partial charge >= 0.3 is 0 Å². The minimum atomic E-state index is -3.75. The highest BCUT2D eigenvalue weighted by atomic mass is 32.2. The summed E-state index contributed by atoms with van der Waals surface area (Å²) in [4.78, 5) is 11.5. The Kier molecular flexibility index (Phi) is 4.22. The van der Waals surface area contributed by atoms with E-state index >= 15 is 0 Å². The lowest BCUT2D eigenvalue weighted by atomic mass is 10.3. The Bertz CT molecular complexity index is 556. The molecular formula is C9H11N3O3S2. The molecule has 1 unspecified atom stereocenters. The molecule has 0 radical (unpaired) electrons. The minimum absolute atomic E-state index is 0.0183. The predicted molar refractivity (Wildman–Crippen MR) is 62.9 cm³/mol. The molecule has 2 N–H and O–H groups in total. The van der Waals surface area contributed by atoms with Gasteiger partial charge in [0.1, 0.15) is 15.2 Å². The van der Waals surface area contributed by atoms with Crippen molar-refractivity contribution in [2.45, 2.75) is 17.2 Å². The summed E-state index contributed by atoms with van der Waals surface area (Å²) in [7, 11) is -2.32. The van der Waals surface area contributed by atoms with Crippen LogP contribution in [0.5, 0.6) is 0 Å². The zero-order valence-electron chi connectivity index (χ0n) is 9.22. The van der Waals surface area contributed by atoms with E-state index in [9.17, 15) is 13.2 Å². The van der Waals surface area contributed by atoms with E-state index in [1.807, 2.05) is 6.07 Å². The Balaban J connectivity index is 2.90. The molecule has 0 fully saturated rings. The maximum atomic E-state index is 11.8. The van der Waals surface area contributed by atoms with Crippen molar-refractivity contribution in [3.63, 3.8) is 0 Å². The van der Waals surface area contributed by atoms with Crippen molar-refractivity contribution in [2.24, 2.45) is 0 Å². The van der Waals surface area contributed by atoms with Gasteiger partial charge in [0.05, 0.1) is 6.04 Å². The SMILES string of the molecule is CNC(=O)C(C)NS(=O)(=O)c1ccc(C#N)s1. The molecule has 1 heterocycles. The molecule has 1 aromatic heterocycles. The Morgan fingerprint density at radius 1 is 1.53 bits per heavy atom. The van der Waals surface area contributed by atoms with E-state index < -0.39 is 22.0 Å². The van der Waals surface area contributed by atoms with Crippen molar-refractivity contribution in [3.05, 3.63) is 17.0 Å². The topological polar surface area (TPSA) is 99.1 Å². The van der Waals surface area contributed by atoms with Gasteiger partial charge in [-0.1, -0.05) is 0 Å². The molecule has 0 spiro atoms. The smallest absolute Gasteiger partial charge is 0.250 e. The van der Waals surface area contributed by atoms with Crippen LogP contribution < -0.4 is 10.0 Å². The summed E-state index contributed by atoms with van der Waals surface area (Å²) in [6, 6.07) is 3.75. The van der Waals surface area contributed by atoms with Crippen LogP contribution in [-0.4, -0.2) is 27.4 Å². The van der Waals surface area contributed by atoms with Crippen LogP contribution in [-0.2, 0) is 14.8 Å². The number of carbonyl (C=O) groups is 1. The highest BCUT2D eigenvalue weighted by Crippen LogP contribution is 2.20. The number of nitrogens with one attached hydrogen (secondary N) is 2. The molecule has 1 rings (SSSR count). The Hall–Kier alpha value is -1.43. The molecule has 17 heavy (non-hydrogen) atoms. The normalized spacial score (nSPS) is 12.8. The van der Waals surface area contributed by atoms with Gasteiger partial charge in [0, 0.05) is 7.05 Å². The average Bonchev–Trinajstić information content (AvgIpc) is 2.76.